The number of ketones is 2. The number of nitrogens with one attached hydrogen (secondary N) is 1. The molecule has 0 saturated heterocycles. The monoisotopic (exact) mass is 598 g/mol. The number of carbonyl (C=O) groups is 5. The Morgan fingerprint density at radius 3 is 2.28 bits per heavy atom. The maximum absolute atomic E-state index is 14.2. The number of aliphatic hydroxyl groups excluding tert-OH is 2. The highest BCUT2D eigenvalue weighted by molar-refractivity contribution is 6.25. The topological polar surface area (TPSA) is 220 Å². The van der Waals surface area contributed by atoms with Crippen molar-refractivity contribution in [2.75, 3.05) is 40.1 Å². The van der Waals surface area contributed by atoms with Crippen molar-refractivity contribution in [2.24, 2.45) is 17.6 Å². The maximum Gasteiger partial charge on any atom is 0.305 e. The second-order valence-electron chi connectivity index (χ2n) is 11.2. The van der Waals surface area contributed by atoms with Crippen molar-refractivity contribution in [1.29, 1.82) is 0 Å². The molecule has 2 amide bonds. The van der Waals surface area contributed by atoms with E-state index >= 15 is 0 Å². The molecule has 3 aliphatic carbocycles. The number of Topliss-reactive ketones (excluding diaryl/α,β-unsaturated/α-hetero) is 2. The molecular weight excluding hydrogens is 564 g/mol. The van der Waals surface area contributed by atoms with Crippen molar-refractivity contribution in [3.05, 3.63) is 46.7 Å². The summed E-state index contributed by atoms with van der Waals surface area (Å²) in [4.78, 5) is 68.0. The van der Waals surface area contributed by atoms with Gasteiger partial charge in [0.05, 0.1) is 41.2 Å². The molecule has 1 fully saturated rings. The van der Waals surface area contributed by atoms with Crippen molar-refractivity contribution < 1.29 is 49.1 Å². The predicted octanol–water partition coefficient (Wildman–Crippen LogP) is -0.133. The number of fused-ring (bicyclic) bond motifs is 3. The van der Waals surface area contributed by atoms with Gasteiger partial charge in [0.15, 0.2) is 17.1 Å². The van der Waals surface area contributed by atoms with Crippen LogP contribution in [0.4, 0.5) is 5.69 Å². The number of ether oxygens (including phenoxy) is 1. The van der Waals surface area contributed by atoms with E-state index in [1.807, 2.05) is 0 Å². The van der Waals surface area contributed by atoms with E-state index in [1.54, 1.807) is 19.0 Å². The number of rotatable bonds is 7. The minimum atomic E-state index is -3.07. The zero-order chi connectivity index (χ0) is 32.3. The van der Waals surface area contributed by atoms with Gasteiger partial charge < -0.3 is 41.1 Å². The number of anilines is 1. The van der Waals surface area contributed by atoms with Crippen LogP contribution < -0.4 is 11.1 Å². The number of esters is 1. The number of hydrogen-bond acceptors (Lipinski definition) is 12. The van der Waals surface area contributed by atoms with E-state index in [0.717, 1.165) is 0 Å². The number of amides is 2. The normalized spacial score (nSPS) is 26.7. The molecule has 43 heavy (non-hydrogen) atoms. The summed E-state index contributed by atoms with van der Waals surface area (Å²) in [6.45, 7) is 5.51. The van der Waals surface area contributed by atoms with E-state index in [1.165, 1.54) is 38.1 Å². The van der Waals surface area contributed by atoms with Gasteiger partial charge in [-0.05, 0) is 45.4 Å². The van der Waals surface area contributed by atoms with E-state index in [0.29, 0.717) is 0 Å². The van der Waals surface area contributed by atoms with Crippen LogP contribution in [0.3, 0.4) is 0 Å². The van der Waals surface area contributed by atoms with Gasteiger partial charge in [0.1, 0.15) is 23.2 Å². The lowest BCUT2D eigenvalue weighted by Crippen LogP contribution is -2.70. The molecule has 14 heteroatoms. The molecule has 0 heterocycles. The summed E-state index contributed by atoms with van der Waals surface area (Å²) in [5.41, 5.74) is 0.467. The average molecular weight is 599 g/mol. The first-order chi connectivity index (χ1) is 20.0. The number of phenolic OH excluding ortho intramolecular Hbond substituents is 1. The molecule has 0 radical (unpaired) electrons. The molecule has 14 nitrogen and oxygen atoms in total. The minimum Gasteiger partial charge on any atom is -0.508 e. The van der Waals surface area contributed by atoms with E-state index in [2.05, 4.69) is 11.9 Å². The molecule has 0 bridgehead atoms. The molecule has 3 aliphatic rings. The van der Waals surface area contributed by atoms with Gasteiger partial charge in [0, 0.05) is 6.42 Å². The van der Waals surface area contributed by atoms with Crippen LogP contribution in [0.15, 0.2) is 35.6 Å². The number of aliphatic hydroxyl groups is 3. The third kappa shape index (κ3) is 4.67. The molecule has 5 atom stereocenters. The summed E-state index contributed by atoms with van der Waals surface area (Å²) in [7, 11) is 6.17. The van der Waals surface area contributed by atoms with Crippen LogP contribution in [-0.2, 0) is 28.7 Å². The van der Waals surface area contributed by atoms with Gasteiger partial charge in [-0.2, -0.15) is 0 Å². The largest absolute Gasteiger partial charge is 0.508 e. The number of benzene rings is 1. The second-order valence-corrected chi connectivity index (χ2v) is 11.2. The first kappa shape index (κ1) is 31.4. The van der Waals surface area contributed by atoms with Gasteiger partial charge in [0.2, 0.25) is 11.7 Å². The first-order valence-corrected chi connectivity index (χ1v) is 13.3. The SMILES string of the molecule is C=C1c2ccc(NC(=O)CN(C)C)c(O)c2C(O)=C2C(=O)[C@@]3(O)C(O)=C(C(N)=O)C(=O)[C@H](N(C)C)[C@H]3[C@H](OC(=O)CC)[C@@H]12. The Kier molecular flexibility index (Phi) is 8.00. The zero-order valence-corrected chi connectivity index (χ0v) is 24.3. The van der Waals surface area contributed by atoms with Gasteiger partial charge in [-0.1, -0.05) is 19.6 Å². The number of phenols is 1. The van der Waals surface area contributed by atoms with Crippen molar-refractivity contribution >= 4 is 46.4 Å². The lowest BCUT2D eigenvalue weighted by atomic mass is 9.55. The Morgan fingerprint density at radius 1 is 1.12 bits per heavy atom. The number of nitrogens with zero attached hydrogens (tertiary/aromatic N) is 2. The van der Waals surface area contributed by atoms with Crippen LogP contribution in [0, 0.1) is 11.8 Å². The smallest absolute Gasteiger partial charge is 0.305 e. The molecule has 1 aromatic rings. The lowest BCUT2D eigenvalue weighted by molar-refractivity contribution is -0.181. The van der Waals surface area contributed by atoms with Gasteiger partial charge in [-0.25, -0.2) is 0 Å². The lowest BCUT2D eigenvalue weighted by Gasteiger charge is -2.53. The first-order valence-electron chi connectivity index (χ1n) is 13.3. The molecule has 0 spiro atoms. The minimum absolute atomic E-state index is 0.0324. The molecule has 7 N–H and O–H groups in total. The standard InChI is InChI=1S/C29H34N4O10/c1-7-15(35)43-25-16-11(2)12-8-9-13(31-14(34)10-32(3)4)22(36)17(12)23(37)18(16)26(39)29(42)20(25)21(33(5)6)24(38)19(27(29)40)28(30)41/h8-9,16,20-21,25,36-37,40,42H,2,7,10H2,1,3-6H3,(H2,30,41)(H,31,34)/t16-,20-,21+,25+,29+/m0/s1. The number of primary amides is 1. The Labute approximate surface area is 246 Å². The van der Waals surface area contributed by atoms with Gasteiger partial charge in [0.25, 0.3) is 5.91 Å². The van der Waals surface area contributed by atoms with Gasteiger partial charge in [-0.15, -0.1) is 0 Å². The summed E-state index contributed by atoms with van der Waals surface area (Å²) < 4.78 is 5.73. The summed E-state index contributed by atoms with van der Waals surface area (Å²) in [6.07, 6.45) is -1.73. The van der Waals surface area contributed by atoms with Crippen LogP contribution in [0.5, 0.6) is 5.75 Å². The van der Waals surface area contributed by atoms with Crippen LogP contribution >= 0.6 is 0 Å². The van der Waals surface area contributed by atoms with Crippen LogP contribution in [0.2, 0.25) is 0 Å². The van der Waals surface area contributed by atoms with Crippen LogP contribution in [-0.4, -0.2) is 112 Å². The Balaban J connectivity index is 2.04. The van der Waals surface area contributed by atoms with Crippen molar-refractivity contribution in [2.45, 2.75) is 31.1 Å². The Morgan fingerprint density at radius 2 is 1.74 bits per heavy atom. The van der Waals surface area contributed by atoms with Crippen molar-refractivity contribution in [3.63, 3.8) is 0 Å². The number of aromatic hydroxyl groups is 1. The maximum atomic E-state index is 14.2. The quantitative estimate of drug-likeness (QED) is 0.137. The zero-order valence-electron chi connectivity index (χ0n) is 24.3. The molecule has 1 aromatic carbocycles. The molecule has 4 rings (SSSR count). The van der Waals surface area contributed by atoms with E-state index in [4.69, 9.17) is 10.5 Å². The molecule has 230 valence electrons. The summed E-state index contributed by atoms with van der Waals surface area (Å²) >= 11 is 0. The fourth-order valence-electron chi connectivity index (χ4n) is 6.18. The molecular formula is C29H34N4O10. The fourth-order valence-corrected chi connectivity index (χ4v) is 6.18. The number of nitrogens with two attached hydrogens (primary N) is 1. The summed E-state index contributed by atoms with van der Waals surface area (Å²) in [6, 6.07) is 1.29. The molecule has 0 aromatic heterocycles. The Hall–Kier alpha value is -4.53. The van der Waals surface area contributed by atoms with Crippen LogP contribution in [0.1, 0.15) is 24.5 Å². The molecule has 0 unspecified atom stereocenters. The number of likely N-dealkylation sites (N-methyl/N-ethyl adjacent to an activating group) is 2. The van der Waals surface area contributed by atoms with E-state index in [-0.39, 0.29) is 35.4 Å². The third-order valence-corrected chi connectivity index (χ3v) is 8.00. The van der Waals surface area contributed by atoms with Crippen molar-refractivity contribution in [1.82, 2.24) is 9.80 Å². The third-order valence-electron chi connectivity index (χ3n) is 8.00. The second kappa shape index (κ2) is 10.9. The highest BCUT2D eigenvalue weighted by Gasteiger charge is 2.69. The summed E-state index contributed by atoms with van der Waals surface area (Å²) in [5.74, 6) is -10.9. The fraction of sp³-hybridized carbons (Fsp3) is 0.414. The summed E-state index contributed by atoms with van der Waals surface area (Å²) in [5, 5.41) is 48.4. The van der Waals surface area contributed by atoms with Crippen molar-refractivity contribution in [3.8, 4) is 5.75 Å². The highest BCUT2D eigenvalue weighted by Crippen LogP contribution is 2.57. The van der Waals surface area contributed by atoms with Gasteiger partial charge >= 0.3 is 5.97 Å². The molecule has 0 aliphatic heterocycles. The van der Waals surface area contributed by atoms with E-state index in [9.17, 15) is 44.4 Å². The molecule has 1 saturated carbocycles. The average Bonchev–Trinajstić information content (AvgIpc) is 2.90. The van der Waals surface area contributed by atoms with Gasteiger partial charge in [-0.3, -0.25) is 28.9 Å². The number of carbonyl (C=O) groups excluding carboxylic acids is 5. The van der Waals surface area contributed by atoms with Crippen LogP contribution in [0.25, 0.3) is 11.3 Å². The predicted molar refractivity (Wildman–Crippen MR) is 152 cm³/mol. The highest BCUT2D eigenvalue weighted by atomic mass is 16.5. The number of hydrogen-bond donors (Lipinski definition) is 6. The van der Waals surface area contributed by atoms with E-state index < -0.39 is 87.3 Å². The Bertz CT molecular complexity index is 1540.